The first-order valence-corrected chi connectivity index (χ1v) is 9.46. The molecule has 0 saturated heterocycles. The number of anilines is 1. The van der Waals surface area contributed by atoms with E-state index in [4.69, 9.17) is 14.2 Å². The second kappa shape index (κ2) is 7.23. The van der Waals surface area contributed by atoms with Crippen LogP contribution in [0.2, 0.25) is 0 Å². The van der Waals surface area contributed by atoms with E-state index in [9.17, 15) is 4.79 Å². The smallest absolute Gasteiger partial charge is 0.338 e. The molecule has 1 aliphatic heterocycles. The molecule has 0 saturated carbocycles. The number of carbonyl (C=O) groups excluding carboxylic acids is 1. The van der Waals surface area contributed by atoms with Gasteiger partial charge in [-0.1, -0.05) is 30.4 Å². The molecule has 2 aromatic carbocycles. The summed E-state index contributed by atoms with van der Waals surface area (Å²) in [6.45, 7) is 1.97. The van der Waals surface area contributed by atoms with Crippen molar-refractivity contribution >= 4 is 11.7 Å². The zero-order valence-corrected chi connectivity index (χ0v) is 16.6. The second-order valence-electron chi connectivity index (χ2n) is 7.25. The van der Waals surface area contributed by atoms with Crippen molar-refractivity contribution in [2.75, 3.05) is 26.6 Å². The second-order valence-corrected chi connectivity index (χ2v) is 7.25. The molecule has 0 bridgehead atoms. The van der Waals surface area contributed by atoms with Gasteiger partial charge in [0, 0.05) is 17.2 Å². The Labute approximate surface area is 165 Å². The first-order valence-electron chi connectivity index (χ1n) is 9.46. The first kappa shape index (κ1) is 18.4. The minimum absolute atomic E-state index is 0.0455. The molecule has 0 fully saturated rings. The van der Waals surface area contributed by atoms with E-state index in [0.717, 1.165) is 34.7 Å². The average Bonchev–Trinajstić information content (AvgIpc) is 3.22. The molecule has 28 heavy (non-hydrogen) atoms. The summed E-state index contributed by atoms with van der Waals surface area (Å²) in [5.74, 6) is 1.81. The summed E-state index contributed by atoms with van der Waals surface area (Å²) in [6.07, 6.45) is 5.51. The minimum Gasteiger partial charge on any atom is -0.493 e. The van der Waals surface area contributed by atoms with E-state index in [0.29, 0.717) is 17.4 Å². The van der Waals surface area contributed by atoms with Crippen LogP contribution in [0.5, 0.6) is 11.5 Å². The van der Waals surface area contributed by atoms with Gasteiger partial charge in [0.25, 0.3) is 0 Å². The Hall–Kier alpha value is -2.95. The predicted octanol–water partition coefficient (Wildman–Crippen LogP) is 4.63. The first-order chi connectivity index (χ1) is 13.6. The number of ether oxygens (including phenoxy) is 3. The molecule has 1 heterocycles. The number of hydrogen-bond acceptors (Lipinski definition) is 5. The van der Waals surface area contributed by atoms with Gasteiger partial charge in [-0.05, 0) is 42.5 Å². The number of esters is 1. The summed E-state index contributed by atoms with van der Waals surface area (Å²) in [5, 5.41) is 3.72. The summed E-state index contributed by atoms with van der Waals surface area (Å²) >= 11 is 0. The van der Waals surface area contributed by atoms with Crippen LogP contribution in [0.3, 0.4) is 0 Å². The van der Waals surface area contributed by atoms with Crippen LogP contribution in [0.1, 0.15) is 45.4 Å². The Balaban J connectivity index is 1.85. The molecule has 3 atom stereocenters. The van der Waals surface area contributed by atoms with Gasteiger partial charge in [-0.2, -0.15) is 0 Å². The number of para-hydroxylation sites is 1. The third-order valence-electron chi connectivity index (χ3n) is 5.97. The molecule has 0 amide bonds. The van der Waals surface area contributed by atoms with Crippen LogP contribution in [0, 0.1) is 12.8 Å². The summed E-state index contributed by atoms with van der Waals surface area (Å²) in [4.78, 5) is 12.2. The number of rotatable bonds is 4. The van der Waals surface area contributed by atoms with E-state index in [1.165, 1.54) is 12.7 Å². The zero-order valence-electron chi connectivity index (χ0n) is 16.6. The van der Waals surface area contributed by atoms with Gasteiger partial charge in [0.1, 0.15) is 0 Å². The number of nitrogens with one attached hydrogen (secondary N) is 1. The van der Waals surface area contributed by atoms with Gasteiger partial charge < -0.3 is 19.5 Å². The molecule has 0 spiro atoms. The van der Waals surface area contributed by atoms with Crippen LogP contribution in [0.15, 0.2) is 42.5 Å². The van der Waals surface area contributed by atoms with Crippen molar-refractivity contribution in [2.45, 2.75) is 25.3 Å². The Kier molecular flexibility index (Phi) is 4.75. The molecule has 5 nitrogen and oxygen atoms in total. The Bertz CT molecular complexity index is 950. The van der Waals surface area contributed by atoms with Gasteiger partial charge >= 0.3 is 5.97 Å². The quantitative estimate of drug-likeness (QED) is 0.620. The van der Waals surface area contributed by atoms with E-state index >= 15 is 0 Å². The number of allylic oxidation sites excluding steroid dienone is 2. The Morgan fingerprint density at radius 2 is 1.89 bits per heavy atom. The lowest BCUT2D eigenvalue weighted by Gasteiger charge is -2.39. The fraction of sp³-hybridized carbons (Fsp3) is 0.348. The van der Waals surface area contributed by atoms with E-state index in [1.54, 1.807) is 14.2 Å². The van der Waals surface area contributed by atoms with Crippen molar-refractivity contribution < 1.29 is 19.0 Å². The lowest BCUT2D eigenvalue weighted by atomic mass is 9.75. The van der Waals surface area contributed by atoms with Crippen molar-refractivity contribution in [3.8, 4) is 11.5 Å². The summed E-state index contributed by atoms with van der Waals surface area (Å²) in [7, 11) is 4.73. The number of fused-ring (bicyclic) bond motifs is 3. The maximum absolute atomic E-state index is 12.2. The molecule has 4 rings (SSSR count). The maximum atomic E-state index is 12.2. The monoisotopic (exact) mass is 379 g/mol. The SMILES string of the molecule is COC(=O)c1ccc2c(c1C)N[C@H](c1cccc(OC)c1OC)[C@@H]1CC=C[C@H]21. The fourth-order valence-electron chi connectivity index (χ4n) is 4.61. The van der Waals surface area contributed by atoms with Crippen LogP contribution in [-0.4, -0.2) is 27.3 Å². The molecular weight excluding hydrogens is 354 g/mol. The molecule has 0 radical (unpaired) electrons. The number of methoxy groups -OCH3 is 3. The molecule has 0 unspecified atom stereocenters. The maximum Gasteiger partial charge on any atom is 0.338 e. The van der Waals surface area contributed by atoms with Gasteiger partial charge in [0.05, 0.1) is 32.9 Å². The van der Waals surface area contributed by atoms with Crippen LogP contribution in [-0.2, 0) is 4.74 Å². The molecule has 2 aromatic rings. The Morgan fingerprint density at radius 3 is 2.61 bits per heavy atom. The third-order valence-corrected chi connectivity index (χ3v) is 5.97. The summed E-state index contributed by atoms with van der Waals surface area (Å²) < 4.78 is 16.2. The number of carbonyl (C=O) groups is 1. The normalized spacial score (nSPS) is 22.1. The Morgan fingerprint density at radius 1 is 1.07 bits per heavy atom. The number of benzene rings is 2. The van der Waals surface area contributed by atoms with Gasteiger partial charge in [0.2, 0.25) is 0 Å². The van der Waals surface area contributed by atoms with E-state index in [2.05, 4.69) is 23.5 Å². The highest BCUT2D eigenvalue weighted by atomic mass is 16.5. The average molecular weight is 379 g/mol. The lowest BCUT2D eigenvalue weighted by Crippen LogP contribution is -2.30. The van der Waals surface area contributed by atoms with Crippen molar-refractivity contribution in [2.24, 2.45) is 5.92 Å². The van der Waals surface area contributed by atoms with Crippen LogP contribution < -0.4 is 14.8 Å². The van der Waals surface area contributed by atoms with Crippen molar-refractivity contribution in [1.29, 1.82) is 0 Å². The highest BCUT2D eigenvalue weighted by Crippen LogP contribution is 2.53. The summed E-state index contributed by atoms with van der Waals surface area (Å²) in [6, 6.07) is 9.95. The predicted molar refractivity (Wildman–Crippen MR) is 108 cm³/mol. The van der Waals surface area contributed by atoms with E-state index in [-0.39, 0.29) is 12.0 Å². The van der Waals surface area contributed by atoms with E-state index < -0.39 is 0 Å². The highest BCUT2D eigenvalue weighted by molar-refractivity contribution is 5.93. The topological polar surface area (TPSA) is 56.8 Å². The van der Waals surface area contributed by atoms with Crippen LogP contribution in [0.4, 0.5) is 5.69 Å². The van der Waals surface area contributed by atoms with Crippen molar-refractivity contribution in [3.05, 3.63) is 64.7 Å². The lowest BCUT2D eigenvalue weighted by molar-refractivity contribution is 0.0600. The highest BCUT2D eigenvalue weighted by Gasteiger charge is 2.40. The molecular formula is C23H25NO4. The molecule has 146 valence electrons. The molecule has 2 aliphatic rings. The molecule has 1 aliphatic carbocycles. The molecule has 0 aromatic heterocycles. The van der Waals surface area contributed by atoms with Gasteiger partial charge in [-0.15, -0.1) is 0 Å². The van der Waals surface area contributed by atoms with Gasteiger partial charge in [0.15, 0.2) is 11.5 Å². The zero-order chi connectivity index (χ0) is 19.8. The van der Waals surface area contributed by atoms with Gasteiger partial charge in [-0.25, -0.2) is 4.79 Å². The largest absolute Gasteiger partial charge is 0.493 e. The third kappa shape index (κ3) is 2.73. The number of hydrogen-bond donors (Lipinski definition) is 1. The van der Waals surface area contributed by atoms with Gasteiger partial charge in [-0.3, -0.25) is 0 Å². The van der Waals surface area contributed by atoms with Crippen molar-refractivity contribution in [3.63, 3.8) is 0 Å². The molecule has 5 heteroatoms. The molecule has 1 N–H and O–H groups in total. The van der Waals surface area contributed by atoms with Crippen LogP contribution >= 0.6 is 0 Å². The minimum atomic E-state index is -0.318. The van der Waals surface area contributed by atoms with Crippen LogP contribution in [0.25, 0.3) is 0 Å². The summed E-state index contributed by atoms with van der Waals surface area (Å²) in [5.41, 5.74) is 4.79. The fourth-order valence-corrected chi connectivity index (χ4v) is 4.61. The van der Waals surface area contributed by atoms with Crippen molar-refractivity contribution in [1.82, 2.24) is 0 Å². The standard InChI is InChI=1S/C23H25NO4/c1-13-14(23(25)28-4)11-12-17-15-7-5-8-16(15)21(24-20(13)17)18-9-6-10-19(26-2)22(18)27-3/h5-7,9-12,15-16,21,24H,8H2,1-4H3/t15-,16+,21-/m0/s1. The van der Waals surface area contributed by atoms with E-state index in [1.807, 2.05) is 31.2 Å².